The number of hydrogen-bond acceptors (Lipinski definition) is 2. The van der Waals surface area contributed by atoms with Crippen LogP contribution in [0.5, 0.6) is 0 Å². The van der Waals surface area contributed by atoms with Gasteiger partial charge in [-0.3, -0.25) is 4.79 Å². The molecule has 1 atom stereocenters. The van der Waals surface area contributed by atoms with Crippen molar-refractivity contribution in [2.24, 2.45) is 5.92 Å². The Labute approximate surface area is 130 Å². The fraction of sp³-hybridized carbons (Fsp3) is 0.529. The SMILES string of the molecule is Cc1ccccc1C1CC(NC(=O)N2CCC(C(=O)O)C2)C1. The van der Waals surface area contributed by atoms with Crippen LogP contribution in [0.4, 0.5) is 4.79 Å². The number of carboxylic acid groups (broad SMARTS) is 1. The van der Waals surface area contributed by atoms with Gasteiger partial charge in [0.2, 0.25) is 0 Å². The Morgan fingerprint density at radius 2 is 2.00 bits per heavy atom. The lowest BCUT2D eigenvalue weighted by atomic mass is 9.74. The average molecular weight is 302 g/mol. The maximum atomic E-state index is 12.1. The number of carboxylic acids is 1. The largest absolute Gasteiger partial charge is 0.481 e. The van der Waals surface area contributed by atoms with Gasteiger partial charge in [-0.25, -0.2) is 4.79 Å². The van der Waals surface area contributed by atoms with E-state index in [1.165, 1.54) is 11.1 Å². The first kappa shape index (κ1) is 14.9. The van der Waals surface area contributed by atoms with Gasteiger partial charge in [-0.15, -0.1) is 0 Å². The molecule has 1 unspecified atom stereocenters. The maximum Gasteiger partial charge on any atom is 0.317 e. The van der Waals surface area contributed by atoms with E-state index in [1.807, 2.05) is 6.07 Å². The van der Waals surface area contributed by atoms with E-state index < -0.39 is 11.9 Å². The number of likely N-dealkylation sites (tertiary alicyclic amines) is 1. The van der Waals surface area contributed by atoms with Crippen LogP contribution in [0.3, 0.4) is 0 Å². The van der Waals surface area contributed by atoms with Gasteiger partial charge in [0.05, 0.1) is 5.92 Å². The zero-order valence-corrected chi connectivity index (χ0v) is 12.8. The van der Waals surface area contributed by atoms with Crippen molar-refractivity contribution in [3.8, 4) is 0 Å². The molecule has 2 fully saturated rings. The minimum atomic E-state index is -0.807. The quantitative estimate of drug-likeness (QED) is 0.900. The van der Waals surface area contributed by atoms with E-state index in [0.717, 1.165) is 12.8 Å². The Bertz CT molecular complexity index is 581. The lowest BCUT2D eigenvalue weighted by molar-refractivity contribution is -0.141. The second-order valence-corrected chi connectivity index (χ2v) is 6.44. The topological polar surface area (TPSA) is 69.6 Å². The molecule has 5 heteroatoms. The van der Waals surface area contributed by atoms with Gasteiger partial charge in [-0.05, 0) is 43.2 Å². The molecule has 1 saturated carbocycles. The molecule has 1 heterocycles. The van der Waals surface area contributed by atoms with Crippen molar-refractivity contribution >= 4 is 12.0 Å². The summed E-state index contributed by atoms with van der Waals surface area (Å²) in [7, 11) is 0. The third-order valence-electron chi connectivity index (χ3n) is 4.92. The average Bonchev–Trinajstić information content (AvgIpc) is 2.93. The number of urea groups is 1. The molecule has 0 radical (unpaired) electrons. The molecule has 2 amide bonds. The Morgan fingerprint density at radius 3 is 2.64 bits per heavy atom. The number of nitrogens with zero attached hydrogens (tertiary/aromatic N) is 1. The highest BCUT2D eigenvalue weighted by Crippen LogP contribution is 2.38. The summed E-state index contributed by atoms with van der Waals surface area (Å²) in [6.45, 7) is 2.99. The highest BCUT2D eigenvalue weighted by atomic mass is 16.4. The first-order chi connectivity index (χ1) is 10.5. The van der Waals surface area contributed by atoms with Gasteiger partial charge < -0.3 is 15.3 Å². The van der Waals surface area contributed by atoms with E-state index in [4.69, 9.17) is 5.11 Å². The van der Waals surface area contributed by atoms with Crippen LogP contribution in [-0.4, -0.2) is 41.1 Å². The van der Waals surface area contributed by atoms with Crippen molar-refractivity contribution in [2.75, 3.05) is 13.1 Å². The number of hydrogen-bond donors (Lipinski definition) is 2. The van der Waals surface area contributed by atoms with Gasteiger partial charge in [-0.2, -0.15) is 0 Å². The highest BCUT2D eigenvalue weighted by molar-refractivity contribution is 5.77. The van der Waals surface area contributed by atoms with Crippen LogP contribution in [0.2, 0.25) is 0 Å². The minimum absolute atomic E-state index is 0.114. The molecule has 0 aromatic heterocycles. The van der Waals surface area contributed by atoms with E-state index in [9.17, 15) is 9.59 Å². The predicted molar refractivity (Wildman–Crippen MR) is 82.8 cm³/mol. The number of nitrogens with one attached hydrogen (secondary N) is 1. The standard InChI is InChI=1S/C17H22N2O3/c1-11-4-2-3-5-15(11)13-8-14(9-13)18-17(22)19-7-6-12(10-19)16(20)21/h2-5,12-14H,6-10H2,1H3,(H,18,22)(H,20,21). The Kier molecular flexibility index (Phi) is 4.05. The molecule has 2 N–H and O–H groups in total. The van der Waals surface area contributed by atoms with E-state index in [-0.39, 0.29) is 12.1 Å². The van der Waals surface area contributed by atoms with Crippen molar-refractivity contribution in [1.29, 1.82) is 0 Å². The third-order valence-corrected chi connectivity index (χ3v) is 4.92. The number of aliphatic carboxylic acids is 1. The van der Waals surface area contributed by atoms with Crippen molar-refractivity contribution < 1.29 is 14.7 Å². The molecular weight excluding hydrogens is 280 g/mol. The van der Waals surface area contributed by atoms with Crippen LogP contribution in [0.15, 0.2) is 24.3 Å². The van der Waals surface area contributed by atoms with Crippen molar-refractivity contribution in [1.82, 2.24) is 10.2 Å². The van der Waals surface area contributed by atoms with E-state index in [0.29, 0.717) is 25.4 Å². The number of amides is 2. The molecule has 3 rings (SSSR count). The van der Waals surface area contributed by atoms with Gasteiger partial charge in [0.1, 0.15) is 0 Å². The number of rotatable bonds is 3. The van der Waals surface area contributed by atoms with Crippen LogP contribution in [0.1, 0.15) is 36.3 Å². The molecule has 22 heavy (non-hydrogen) atoms. The van der Waals surface area contributed by atoms with Gasteiger partial charge >= 0.3 is 12.0 Å². The summed E-state index contributed by atoms with van der Waals surface area (Å²) in [4.78, 5) is 24.7. The molecule has 118 valence electrons. The minimum Gasteiger partial charge on any atom is -0.481 e. The van der Waals surface area contributed by atoms with Crippen LogP contribution in [0, 0.1) is 12.8 Å². The maximum absolute atomic E-state index is 12.1. The van der Waals surface area contributed by atoms with Crippen molar-refractivity contribution in [2.45, 2.75) is 38.1 Å². The summed E-state index contributed by atoms with van der Waals surface area (Å²) >= 11 is 0. The Hall–Kier alpha value is -2.04. The predicted octanol–water partition coefficient (Wildman–Crippen LogP) is 2.36. The van der Waals surface area contributed by atoms with Crippen LogP contribution >= 0.6 is 0 Å². The molecule has 1 aromatic carbocycles. The van der Waals surface area contributed by atoms with Gasteiger partial charge in [0.15, 0.2) is 0 Å². The molecule has 1 aromatic rings. The molecule has 1 aliphatic carbocycles. The molecule has 1 saturated heterocycles. The normalized spacial score (nSPS) is 27.3. The summed E-state index contributed by atoms with van der Waals surface area (Å²) in [5.41, 5.74) is 2.68. The van der Waals surface area contributed by atoms with Crippen LogP contribution in [-0.2, 0) is 4.79 Å². The Balaban J connectivity index is 1.47. The fourth-order valence-electron chi connectivity index (χ4n) is 3.45. The lowest BCUT2D eigenvalue weighted by Crippen LogP contribution is -2.48. The molecule has 0 spiro atoms. The van der Waals surface area contributed by atoms with Crippen LogP contribution in [0.25, 0.3) is 0 Å². The third kappa shape index (κ3) is 2.93. The molecular formula is C17H22N2O3. The van der Waals surface area contributed by atoms with Crippen molar-refractivity contribution in [3.05, 3.63) is 35.4 Å². The summed E-state index contributed by atoms with van der Waals surface area (Å²) in [5, 5.41) is 12.0. The van der Waals surface area contributed by atoms with E-state index in [2.05, 4.69) is 30.4 Å². The lowest BCUT2D eigenvalue weighted by Gasteiger charge is -2.37. The number of benzene rings is 1. The second kappa shape index (κ2) is 5.99. The smallest absolute Gasteiger partial charge is 0.317 e. The zero-order valence-electron chi connectivity index (χ0n) is 12.8. The number of carbonyl (C=O) groups excluding carboxylic acids is 1. The fourth-order valence-corrected chi connectivity index (χ4v) is 3.45. The van der Waals surface area contributed by atoms with E-state index in [1.54, 1.807) is 4.90 Å². The molecule has 0 bridgehead atoms. The molecule has 5 nitrogen and oxygen atoms in total. The number of carbonyl (C=O) groups is 2. The number of aryl methyl sites for hydroxylation is 1. The second-order valence-electron chi connectivity index (χ2n) is 6.44. The van der Waals surface area contributed by atoms with E-state index >= 15 is 0 Å². The van der Waals surface area contributed by atoms with Crippen molar-refractivity contribution in [3.63, 3.8) is 0 Å². The van der Waals surface area contributed by atoms with Gasteiger partial charge in [0, 0.05) is 19.1 Å². The summed E-state index contributed by atoms with van der Waals surface area (Å²) < 4.78 is 0. The Morgan fingerprint density at radius 1 is 1.27 bits per heavy atom. The first-order valence-corrected chi connectivity index (χ1v) is 7.88. The van der Waals surface area contributed by atoms with Crippen LogP contribution < -0.4 is 5.32 Å². The summed E-state index contributed by atoms with van der Waals surface area (Å²) in [6.07, 6.45) is 2.48. The molecule has 2 aliphatic rings. The highest BCUT2D eigenvalue weighted by Gasteiger charge is 2.35. The monoisotopic (exact) mass is 302 g/mol. The molecule has 1 aliphatic heterocycles. The summed E-state index contributed by atoms with van der Waals surface area (Å²) in [5.74, 6) is -0.692. The zero-order chi connectivity index (χ0) is 15.7. The first-order valence-electron chi connectivity index (χ1n) is 7.88. The van der Waals surface area contributed by atoms with Gasteiger partial charge in [0.25, 0.3) is 0 Å². The van der Waals surface area contributed by atoms with Gasteiger partial charge in [-0.1, -0.05) is 24.3 Å². The summed E-state index contributed by atoms with van der Waals surface area (Å²) in [6, 6.07) is 8.49.